The van der Waals surface area contributed by atoms with E-state index in [-0.39, 0.29) is 17.1 Å². The van der Waals surface area contributed by atoms with Gasteiger partial charge in [0.25, 0.3) is 0 Å². The molecule has 10 radical (unpaired) electrons. The summed E-state index contributed by atoms with van der Waals surface area (Å²) in [6, 6.07) is 15.7. The van der Waals surface area contributed by atoms with Crippen molar-refractivity contribution in [1.29, 1.82) is 0 Å². The van der Waals surface area contributed by atoms with Gasteiger partial charge in [0, 0.05) is 38.9 Å². The van der Waals surface area contributed by atoms with Crippen LogP contribution in [0, 0.1) is 63.2 Å². The molecule has 0 spiro atoms. The fourth-order valence-electron chi connectivity index (χ4n) is 2.50. The summed E-state index contributed by atoms with van der Waals surface area (Å²) in [4.78, 5) is 0. The summed E-state index contributed by atoms with van der Waals surface area (Å²) in [5, 5.41) is 1.62. The molecule has 0 aliphatic heterocycles. The van der Waals surface area contributed by atoms with E-state index in [1.165, 1.54) is 11.8 Å². The molecule has 25 heavy (non-hydrogen) atoms. The minimum absolute atomic E-state index is 0. The summed E-state index contributed by atoms with van der Waals surface area (Å²) >= 11 is 12.0. The summed E-state index contributed by atoms with van der Waals surface area (Å²) in [5.74, 6) is 2.36. The zero-order chi connectivity index (χ0) is 16.8. The van der Waals surface area contributed by atoms with Crippen molar-refractivity contribution in [3.05, 3.63) is 133 Å². The Morgan fingerprint density at radius 1 is 0.480 bits per heavy atom. The summed E-state index contributed by atoms with van der Waals surface area (Å²) in [7, 11) is 0. The van der Waals surface area contributed by atoms with Crippen molar-refractivity contribution in [2.75, 3.05) is 0 Å². The maximum absolute atomic E-state index is 6.02. The van der Waals surface area contributed by atoms with Gasteiger partial charge in [-0.05, 0) is 74.6 Å². The van der Waals surface area contributed by atoms with E-state index in [1.54, 1.807) is 0 Å². The molecule has 2 aromatic rings. The van der Waals surface area contributed by atoms with E-state index in [0.717, 1.165) is 21.2 Å². The molecule has 0 bridgehead atoms. The zero-order valence-corrected chi connectivity index (χ0v) is 16.0. The molecule has 126 valence electrons. The Bertz CT molecular complexity index is 586. The predicted octanol–water partition coefficient (Wildman–Crippen LogP) is 6.18. The molecule has 0 unspecified atom stereocenters. The number of benzene rings is 2. The standard InChI is InChI=1S/2C11H8Cl.Fe/c2*12-11-8-4-3-7-10(11)9-5-1-2-6-9;/h2*1-8H;. The summed E-state index contributed by atoms with van der Waals surface area (Å²) in [5.41, 5.74) is 2.20. The summed E-state index contributed by atoms with van der Waals surface area (Å²) < 4.78 is 0. The third-order valence-corrected chi connectivity index (χ3v) is 4.35. The molecule has 0 saturated heterocycles. The Labute approximate surface area is 172 Å². The average molecular weight is 407 g/mol. The van der Waals surface area contributed by atoms with Crippen LogP contribution < -0.4 is 0 Å². The molecule has 0 heterocycles. The van der Waals surface area contributed by atoms with Crippen LogP contribution in [-0.2, 0) is 17.1 Å². The van der Waals surface area contributed by atoms with Crippen LogP contribution in [-0.4, -0.2) is 0 Å². The van der Waals surface area contributed by atoms with Crippen LogP contribution in [0.15, 0.2) is 48.5 Å². The van der Waals surface area contributed by atoms with E-state index < -0.39 is 0 Å². The number of halogens is 2. The van der Waals surface area contributed by atoms with Gasteiger partial charge in [0.2, 0.25) is 0 Å². The number of hydrogen-bond donors (Lipinski definition) is 0. The summed E-state index contributed by atoms with van der Waals surface area (Å²) in [6.45, 7) is 0. The summed E-state index contributed by atoms with van der Waals surface area (Å²) in [6.07, 6.45) is 16.3. The van der Waals surface area contributed by atoms with Crippen LogP contribution in [0.3, 0.4) is 0 Å². The van der Waals surface area contributed by atoms with Crippen LogP contribution in [0.1, 0.15) is 11.1 Å². The Hall–Kier alpha value is -0.461. The minimum atomic E-state index is 0. The molecule has 4 rings (SSSR count). The van der Waals surface area contributed by atoms with Gasteiger partial charge < -0.3 is 0 Å². The second-order valence-electron chi connectivity index (χ2n) is 5.31. The van der Waals surface area contributed by atoms with Crippen molar-refractivity contribution in [3.63, 3.8) is 0 Å². The van der Waals surface area contributed by atoms with Gasteiger partial charge in [0.05, 0.1) is 0 Å². The van der Waals surface area contributed by atoms with Gasteiger partial charge >= 0.3 is 0 Å². The Morgan fingerprint density at radius 3 is 1.12 bits per heavy atom. The van der Waals surface area contributed by atoms with Crippen molar-refractivity contribution in [2.45, 2.75) is 0 Å². The van der Waals surface area contributed by atoms with Crippen molar-refractivity contribution in [2.24, 2.45) is 0 Å². The Morgan fingerprint density at radius 2 is 0.800 bits per heavy atom. The first-order chi connectivity index (χ1) is 11.8. The fraction of sp³-hybridized carbons (Fsp3) is 0. The monoisotopic (exact) mass is 406 g/mol. The van der Waals surface area contributed by atoms with Gasteiger partial charge in [-0.25, -0.2) is 0 Å². The van der Waals surface area contributed by atoms with Gasteiger partial charge in [0.15, 0.2) is 0 Å². The fourth-order valence-corrected chi connectivity index (χ4v) is 2.99. The van der Waals surface area contributed by atoms with E-state index in [1.807, 2.05) is 74.2 Å². The molecule has 2 aromatic carbocycles. The SMILES string of the molecule is Clc1ccccc1[C]1[CH][CH][CH][CH]1.Clc1ccccc1[C]1[CH][CH][CH][CH]1.[Fe]. The normalized spacial score (nSPS) is 17.7. The number of rotatable bonds is 2. The first-order valence-electron chi connectivity index (χ1n) is 7.69. The van der Waals surface area contributed by atoms with Crippen molar-refractivity contribution in [3.8, 4) is 0 Å². The molecule has 2 fully saturated rings. The molecule has 2 saturated carbocycles. The van der Waals surface area contributed by atoms with Crippen LogP contribution in [0.25, 0.3) is 0 Å². The second kappa shape index (κ2) is 10.6. The number of hydrogen-bond acceptors (Lipinski definition) is 0. The second-order valence-corrected chi connectivity index (χ2v) is 6.12. The predicted molar refractivity (Wildman–Crippen MR) is 102 cm³/mol. The third kappa shape index (κ3) is 5.76. The largest absolute Gasteiger partial charge is 0.0840 e. The smallest absolute Gasteiger partial charge is 0.0444 e. The Kier molecular flexibility index (Phi) is 8.86. The van der Waals surface area contributed by atoms with Gasteiger partial charge in [-0.3, -0.25) is 0 Å². The van der Waals surface area contributed by atoms with Crippen molar-refractivity contribution >= 4 is 23.2 Å². The van der Waals surface area contributed by atoms with E-state index in [4.69, 9.17) is 23.2 Å². The molecule has 2 aliphatic carbocycles. The van der Waals surface area contributed by atoms with E-state index in [0.29, 0.717) is 0 Å². The molecule has 0 aromatic heterocycles. The maximum Gasteiger partial charge on any atom is 0.0444 e. The molecule has 0 nitrogen and oxygen atoms in total. The van der Waals surface area contributed by atoms with Crippen LogP contribution in [0.4, 0.5) is 0 Å². The van der Waals surface area contributed by atoms with Crippen LogP contribution in [0.2, 0.25) is 10.0 Å². The molecule has 0 atom stereocenters. The topological polar surface area (TPSA) is 0 Å². The van der Waals surface area contributed by atoms with Gasteiger partial charge in [-0.15, -0.1) is 0 Å². The molecule has 2 aliphatic rings. The third-order valence-electron chi connectivity index (χ3n) is 3.70. The van der Waals surface area contributed by atoms with Crippen molar-refractivity contribution < 1.29 is 17.1 Å². The van der Waals surface area contributed by atoms with Gasteiger partial charge in [-0.2, -0.15) is 0 Å². The van der Waals surface area contributed by atoms with Crippen LogP contribution >= 0.6 is 23.2 Å². The van der Waals surface area contributed by atoms with E-state index >= 15 is 0 Å². The zero-order valence-electron chi connectivity index (χ0n) is 13.3. The average Bonchev–Trinajstić information content (AvgIpc) is 3.30. The molecular formula is C22H16Cl2Fe. The molecular weight excluding hydrogens is 391 g/mol. The van der Waals surface area contributed by atoms with Crippen LogP contribution in [0.5, 0.6) is 0 Å². The quantitative estimate of drug-likeness (QED) is 0.522. The molecule has 0 amide bonds. The first kappa shape index (κ1) is 20.8. The molecule has 3 heteroatoms. The van der Waals surface area contributed by atoms with E-state index in [2.05, 4.69) is 25.7 Å². The van der Waals surface area contributed by atoms with Gasteiger partial charge in [-0.1, -0.05) is 59.6 Å². The minimum Gasteiger partial charge on any atom is -0.0840 e. The Balaban J connectivity index is 0.000000173. The van der Waals surface area contributed by atoms with Crippen molar-refractivity contribution in [1.82, 2.24) is 0 Å². The first-order valence-corrected chi connectivity index (χ1v) is 8.44. The molecule has 0 N–H and O–H groups in total. The maximum atomic E-state index is 6.02. The van der Waals surface area contributed by atoms with Gasteiger partial charge in [0.1, 0.15) is 0 Å². The van der Waals surface area contributed by atoms with E-state index in [9.17, 15) is 0 Å².